The van der Waals surface area contributed by atoms with Crippen LogP contribution in [0, 0.1) is 0 Å². The van der Waals surface area contributed by atoms with E-state index in [1.165, 1.54) is 0 Å². The number of carbonyl (C=O) groups excluding carboxylic acids is 2. The van der Waals surface area contributed by atoms with Crippen LogP contribution in [0.2, 0.25) is 0 Å². The monoisotopic (exact) mass is 232 g/mol. The topological polar surface area (TPSA) is 80.3 Å². The zero-order valence-corrected chi connectivity index (χ0v) is 10.4. The summed E-state index contributed by atoms with van der Waals surface area (Å²) in [4.78, 5) is 21.0. The van der Waals surface area contributed by atoms with E-state index in [-0.39, 0.29) is 22.1 Å². The van der Waals surface area contributed by atoms with Crippen LogP contribution in [0.25, 0.3) is 0 Å². The predicted octanol–water partition coefficient (Wildman–Crippen LogP) is -3.36. The van der Waals surface area contributed by atoms with Crippen LogP contribution in [0.1, 0.15) is 0 Å². The van der Waals surface area contributed by atoms with E-state index >= 15 is 0 Å². The average molecular weight is 232 g/mol. The summed E-state index contributed by atoms with van der Waals surface area (Å²) in [6, 6.07) is 0. The van der Waals surface area contributed by atoms with Gasteiger partial charge in [0.2, 0.25) is 0 Å². The smallest absolute Gasteiger partial charge is 0.128 e. The first-order valence-corrected chi connectivity index (χ1v) is 5.08. The maximum atomic E-state index is 10.5. The summed E-state index contributed by atoms with van der Waals surface area (Å²) in [7, 11) is 7.09. The lowest BCUT2D eigenvalue weighted by Crippen LogP contribution is -2.56. The minimum Gasteiger partial charge on any atom is -0.544 e. The van der Waals surface area contributed by atoms with Gasteiger partial charge in [0.1, 0.15) is 26.2 Å². The van der Waals surface area contributed by atoms with Crippen molar-refractivity contribution in [3.8, 4) is 0 Å². The second-order valence-corrected chi connectivity index (χ2v) is 5.38. The summed E-state index contributed by atoms with van der Waals surface area (Å²) in [5.41, 5.74) is 0. The molecule has 94 valence electrons. The number of likely N-dealkylation sites (N-methyl/N-ethyl adjacent to an activating group) is 2. The minimum atomic E-state index is -1.10. The van der Waals surface area contributed by atoms with Crippen LogP contribution in [-0.4, -0.2) is 75.3 Å². The molecule has 0 saturated heterocycles. The molecule has 0 rings (SSSR count). The molecule has 6 nitrogen and oxygen atoms in total. The molecule has 0 aliphatic carbocycles. The van der Waals surface area contributed by atoms with Crippen molar-refractivity contribution in [2.24, 2.45) is 0 Å². The van der Waals surface area contributed by atoms with Crippen LogP contribution >= 0.6 is 0 Å². The molecule has 0 bridgehead atoms. The van der Waals surface area contributed by atoms with Gasteiger partial charge in [0.15, 0.2) is 0 Å². The maximum absolute atomic E-state index is 10.5. The van der Waals surface area contributed by atoms with Crippen molar-refractivity contribution < 1.29 is 28.8 Å². The number of carbonyl (C=O) groups is 2. The van der Waals surface area contributed by atoms with Crippen LogP contribution in [0.15, 0.2) is 0 Å². The highest BCUT2D eigenvalue weighted by atomic mass is 16.4. The molecule has 0 aromatic rings. The van der Waals surface area contributed by atoms with Crippen molar-refractivity contribution in [2.75, 3.05) is 54.4 Å². The number of hydrogen-bond acceptors (Lipinski definition) is 4. The van der Waals surface area contributed by atoms with Crippen molar-refractivity contribution in [3.05, 3.63) is 0 Å². The Balaban J connectivity index is 4.21. The van der Waals surface area contributed by atoms with Crippen LogP contribution in [0.4, 0.5) is 0 Å². The Morgan fingerprint density at radius 3 is 1.25 bits per heavy atom. The summed E-state index contributed by atoms with van der Waals surface area (Å²) >= 11 is 0. The number of hydrogen-bond donors (Lipinski definition) is 0. The molecule has 6 heteroatoms. The van der Waals surface area contributed by atoms with Crippen LogP contribution in [0.3, 0.4) is 0 Å². The summed E-state index contributed by atoms with van der Waals surface area (Å²) < 4.78 is 0.550. The third-order valence-electron chi connectivity index (χ3n) is 2.42. The highest BCUT2D eigenvalue weighted by Crippen LogP contribution is 2.01. The summed E-state index contributed by atoms with van der Waals surface area (Å²) in [6.45, 7) is 0.971. The van der Waals surface area contributed by atoms with E-state index in [2.05, 4.69) is 0 Å². The Morgan fingerprint density at radius 2 is 1.06 bits per heavy atom. The van der Waals surface area contributed by atoms with E-state index in [1.807, 2.05) is 0 Å². The Kier molecular flexibility index (Phi) is 4.89. The summed E-state index contributed by atoms with van der Waals surface area (Å²) in [5, 5.41) is 21.0. The third-order valence-corrected chi connectivity index (χ3v) is 2.42. The quantitative estimate of drug-likeness (QED) is 0.429. The van der Waals surface area contributed by atoms with Gasteiger partial charge in [-0.05, 0) is 0 Å². The number of aliphatic carboxylic acids is 2. The maximum Gasteiger partial charge on any atom is 0.128 e. The van der Waals surface area contributed by atoms with E-state index in [0.29, 0.717) is 13.1 Å². The second kappa shape index (κ2) is 5.27. The van der Waals surface area contributed by atoms with Gasteiger partial charge in [0.25, 0.3) is 0 Å². The first-order chi connectivity index (χ1) is 7.04. The molecule has 0 radical (unpaired) electrons. The number of quaternary nitrogens is 2. The van der Waals surface area contributed by atoms with Crippen molar-refractivity contribution in [3.63, 3.8) is 0 Å². The van der Waals surface area contributed by atoms with Crippen LogP contribution in [0.5, 0.6) is 0 Å². The predicted molar refractivity (Wildman–Crippen MR) is 53.7 cm³/mol. The molecular weight excluding hydrogens is 212 g/mol. The fourth-order valence-corrected chi connectivity index (χ4v) is 1.40. The van der Waals surface area contributed by atoms with Gasteiger partial charge >= 0.3 is 0 Å². The molecular formula is C10H20N2O4. The van der Waals surface area contributed by atoms with Crippen molar-refractivity contribution in [1.82, 2.24) is 0 Å². The summed E-state index contributed by atoms with van der Waals surface area (Å²) in [5.74, 6) is -2.20. The fraction of sp³-hybridized carbons (Fsp3) is 0.800. The molecule has 0 aliphatic heterocycles. The number of rotatable bonds is 7. The van der Waals surface area contributed by atoms with Crippen molar-refractivity contribution in [2.45, 2.75) is 0 Å². The highest BCUT2D eigenvalue weighted by molar-refractivity contribution is 5.65. The zero-order chi connectivity index (χ0) is 13.0. The van der Waals surface area contributed by atoms with Crippen molar-refractivity contribution >= 4 is 11.9 Å². The normalized spacial score (nSPS) is 12.5. The number of nitrogens with zero attached hydrogens (tertiary/aromatic N) is 2. The Labute approximate surface area is 95.9 Å². The lowest BCUT2D eigenvalue weighted by Gasteiger charge is -2.35. The molecule has 0 aromatic carbocycles. The number of carboxylic acids is 2. The summed E-state index contributed by atoms with van der Waals surface area (Å²) in [6.07, 6.45) is 0. The molecule has 0 saturated carbocycles. The van der Waals surface area contributed by atoms with E-state index in [9.17, 15) is 19.8 Å². The molecule has 0 amide bonds. The molecule has 0 atom stereocenters. The highest BCUT2D eigenvalue weighted by Gasteiger charge is 2.22. The Bertz CT molecular complexity index is 246. The first-order valence-electron chi connectivity index (χ1n) is 5.08. The Hall–Kier alpha value is -1.14. The van der Waals surface area contributed by atoms with Gasteiger partial charge in [0.05, 0.1) is 40.1 Å². The van der Waals surface area contributed by atoms with Gasteiger partial charge in [-0.2, -0.15) is 0 Å². The van der Waals surface area contributed by atoms with E-state index in [4.69, 9.17) is 0 Å². The standard InChI is InChI=1S/C10H20N2O4/c1-11(2,7-9(13)14)5-6-12(3,4)8-10(15)16/h5-8H2,1-4H3. The minimum absolute atomic E-state index is 0.0781. The van der Waals surface area contributed by atoms with Gasteiger partial charge in [-0.1, -0.05) is 0 Å². The van der Waals surface area contributed by atoms with E-state index < -0.39 is 11.9 Å². The molecule has 16 heavy (non-hydrogen) atoms. The molecule has 0 unspecified atom stereocenters. The zero-order valence-electron chi connectivity index (χ0n) is 10.4. The lowest BCUT2D eigenvalue weighted by molar-refractivity contribution is -0.940. The molecule has 0 aliphatic rings. The largest absolute Gasteiger partial charge is 0.544 e. The van der Waals surface area contributed by atoms with Gasteiger partial charge in [-0.15, -0.1) is 0 Å². The van der Waals surface area contributed by atoms with Crippen molar-refractivity contribution in [1.29, 1.82) is 0 Å². The second-order valence-electron chi connectivity index (χ2n) is 5.38. The van der Waals surface area contributed by atoms with Gasteiger partial charge in [0, 0.05) is 0 Å². The number of carboxylic acid groups (broad SMARTS) is 2. The third kappa shape index (κ3) is 7.19. The average Bonchev–Trinajstić information content (AvgIpc) is 1.96. The molecule has 0 N–H and O–H groups in total. The molecule has 0 heterocycles. The van der Waals surface area contributed by atoms with Crippen LogP contribution < -0.4 is 10.2 Å². The van der Waals surface area contributed by atoms with Crippen LogP contribution in [-0.2, 0) is 9.59 Å². The van der Waals surface area contributed by atoms with E-state index in [1.54, 1.807) is 28.2 Å². The first kappa shape index (κ1) is 14.9. The molecule has 0 fully saturated rings. The molecule has 0 spiro atoms. The Morgan fingerprint density at radius 1 is 0.812 bits per heavy atom. The van der Waals surface area contributed by atoms with E-state index in [0.717, 1.165) is 0 Å². The van der Waals surface area contributed by atoms with Gasteiger partial charge in [-0.25, -0.2) is 0 Å². The lowest BCUT2D eigenvalue weighted by atomic mass is 10.3. The molecule has 0 aromatic heterocycles. The SMILES string of the molecule is C[N+](C)(CC[N+](C)(C)CC(=O)[O-])CC(=O)[O-]. The van der Waals surface area contributed by atoms with Gasteiger partial charge < -0.3 is 28.8 Å². The fourth-order valence-electron chi connectivity index (χ4n) is 1.40. The van der Waals surface area contributed by atoms with Gasteiger partial charge in [-0.3, -0.25) is 0 Å².